The van der Waals surface area contributed by atoms with Gasteiger partial charge in [-0.3, -0.25) is 9.59 Å². The quantitative estimate of drug-likeness (QED) is 0.481. The Bertz CT molecular complexity index is 626. The van der Waals surface area contributed by atoms with Gasteiger partial charge in [0.2, 0.25) is 11.6 Å². The highest BCUT2D eigenvalue weighted by molar-refractivity contribution is 6.52. The molecule has 0 amide bonds. The van der Waals surface area contributed by atoms with Crippen LogP contribution in [0.2, 0.25) is 0 Å². The van der Waals surface area contributed by atoms with Crippen molar-refractivity contribution >= 4 is 17.3 Å². The van der Waals surface area contributed by atoms with Crippen LogP contribution in [-0.2, 0) is 4.79 Å². The highest BCUT2D eigenvalue weighted by Gasteiger charge is 2.31. The van der Waals surface area contributed by atoms with Gasteiger partial charge in [-0.05, 0) is 18.8 Å². The van der Waals surface area contributed by atoms with Crippen LogP contribution in [0.25, 0.3) is 5.76 Å². The molecule has 2 rings (SSSR count). The van der Waals surface area contributed by atoms with E-state index in [4.69, 9.17) is 0 Å². The first-order valence-electron chi connectivity index (χ1n) is 9.13. The summed E-state index contributed by atoms with van der Waals surface area (Å²) in [6, 6.07) is 6.78. The summed E-state index contributed by atoms with van der Waals surface area (Å²) in [5, 5.41) is 10.3. The number of aliphatic hydroxyl groups is 1. The van der Waals surface area contributed by atoms with Crippen molar-refractivity contribution in [1.82, 2.24) is 0 Å². The fourth-order valence-corrected chi connectivity index (χ4v) is 3.21. The summed E-state index contributed by atoms with van der Waals surface area (Å²) in [6.45, 7) is 4.50. The molecule has 0 saturated carbocycles. The predicted octanol–water partition coefficient (Wildman–Crippen LogP) is 5.50. The van der Waals surface area contributed by atoms with Gasteiger partial charge in [0.05, 0.1) is 0 Å². The molecule has 0 atom stereocenters. The number of Topliss-reactive ketones (excluding diaryl/α,β-unsaturated/α-hetero) is 2. The van der Waals surface area contributed by atoms with Crippen LogP contribution in [0.1, 0.15) is 81.1 Å². The average Bonchev–Trinajstić information content (AvgIpc) is 2.57. The number of hydrogen-bond acceptors (Lipinski definition) is 3. The van der Waals surface area contributed by atoms with Gasteiger partial charge in [0, 0.05) is 16.7 Å². The highest BCUT2D eigenvalue weighted by Crippen LogP contribution is 2.30. The summed E-state index contributed by atoms with van der Waals surface area (Å²) in [6.07, 6.45) is 8.54. The number of rotatable bonds is 9. The number of unbranched alkanes of at least 4 members (excludes halogenated alkanes) is 5. The molecule has 1 aromatic rings. The monoisotopic (exact) mass is 328 g/mol. The summed E-state index contributed by atoms with van der Waals surface area (Å²) in [5.41, 5.74) is 1.10. The van der Waals surface area contributed by atoms with Crippen LogP contribution in [0.15, 0.2) is 29.8 Å². The van der Waals surface area contributed by atoms with Crippen molar-refractivity contribution in [3.8, 4) is 0 Å². The van der Waals surface area contributed by atoms with E-state index in [2.05, 4.69) is 13.8 Å². The minimum Gasteiger partial charge on any atom is -0.507 e. The third kappa shape index (κ3) is 4.56. The van der Waals surface area contributed by atoms with Crippen LogP contribution in [0.3, 0.4) is 0 Å². The molecule has 0 radical (unpaired) electrons. The SMILES string of the molecule is CC(C)CCCCCCCCC1=C(O)c2ccccc2C(=O)C1=O. The van der Waals surface area contributed by atoms with E-state index in [-0.39, 0.29) is 5.76 Å². The minimum atomic E-state index is -0.539. The Morgan fingerprint density at radius 1 is 0.833 bits per heavy atom. The second kappa shape index (κ2) is 8.81. The van der Waals surface area contributed by atoms with Crippen molar-refractivity contribution in [1.29, 1.82) is 0 Å². The first kappa shape index (κ1) is 18.4. The van der Waals surface area contributed by atoms with Gasteiger partial charge in [0.1, 0.15) is 5.76 Å². The maximum atomic E-state index is 12.2. The lowest BCUT2D eigenvalue weighted by molar-refractivity contribution is -0.112. The van der Waals surface area contributed by atoms with Crippen LogP contribution in [-0.4, -0.2) is 16.7 Å². The van der Waals surface area contributed by atoms with E-state index < -0.39 is 11.6 Å². The topological polar surface area (TPSA) is 54.4 Å². The molecule has 0 spiro atoms. The third-order valence-electron chi connectivity index (χ3n) is 4.65. The zero-order valence-electron chi connectivity index (χ0n) is 14.8. The van der Waals surface area contributed by atoms with E-state index in [0.29, 0.717) is 23.1 Å². The molecule has 130 valence electrons. The summed E-state index contributed by atoms with van der Waals surface area (Å²) < 4.78 is 0. The lowest BCUT2D eigenvalue weighted by atomic mass is 9.86. The highest BCUT2D eigenvalue weighted by atomic mass is 16.3. The van der Waals surface area contributed by atoms with E-state index in [9.17, 15) is 14.7 Å². The summed E-state index contributed by atoms with van der Waals surface area (Å²) >= 11 is 0. The number of fused-ring (bicyclic) bond motifs is 1. The van der Waals surface area contributed by atoms with E-state index in [0.717, 1.165) is 25.2 Å². The van der Waals surface area contributed by atoms with Gasteiger partial charge in [-0.1, -0.05) is 76.6 Å². The number of carbonyl (C=O) groups is 2. The molecule has 3 nitrogen and oxygen atoms in total. The molecule has 0 heterocycles. The van der Waals surface area contributed by atoms with Crippen LogP contribution in [0, 0.1) is 5.92 Å². The van der Waals surface area contributed by atoms with Gasteiger partial charge in [0.25, 0.3) is 0 Å². The zero-order valence-corrected chi connectivity index (χ0v) is 14.8. The number of allylic oxidation sites excluding steroid dienone is 1. The van der Waals surface area contributed by atoms with Gasteiger partial charge in [0.15, 0.2) is 0 Å². The first-order chi connectivity index (χ1) is 11.5. The van der Waals surface area contributed by atoms with Gasteiger partial charge in [-0.2, -0.15) is 0 Å². The second-order valence-corrected chi connectivity index (χ2v) is 7.08. The number of carbonyl (C=O) groups excluding carboxylic acids is 2. The predicted molar refractivity (Wildman–Crippen MR) is 97.1 cm³/mol. The fraction of sp³-hybridized carbons (Fsp3) is 0.524. The van der Waals surface area contributed by atoms with Gasteiger partial charge >= 0.3 is 0 Å². The first-order valence-corrected chi connectivity index (χ1v) is 9.13. The van der Waals surface area contributed by atoms with Crippen molar-refractivity contribution in [2.24, 2.45) is 5.92 Å². The largest absolute Gasteiger partial charge is 0.507 e. The molecule has 0 unspecified atom stereocenters. The van der Waals surface area contributed by atoms with Crippen LogP contribution in [0.5, 0.6) is 0 Å². The van der Waals surface area contributed by atoms with Crippen LogP contribution >= 0.6 is 0 Å². The summed E-state index contributed by atoms with van der Waals surface area (Å²) in [5.74, 6) is -0.264. The van der Waals surface area contributed by atoms with Crippen molar-refractivity contribution < 1.29 is 14.7 Å². The minimum absolute atomic E-state index is 0.00728. The van der Waals surface area contributed by atoms with Crippen LogP contribution < -0.4 is 0 Å². The molecule has 1 aliphatic rings. The Morgan fingerprint density at radius 2 is 1.42 bits per heavy atom. The van der Waals surface area contributed by atoms with Crippen molar-refractivity contribution in [3.63, 3.8) is 0 Å². The average molecular weight is 328 g/mol. The molecule has 24 heavy (non-hydrogen) atoms. The van der Waals surface area contributed by atoms with Crippen molar-refractivity contribution in [3.05, 3.63) is 41.0 Å². The zero-order chi connectivity index (χ0) is 17.5. The van der Waals surface area contributed by atoms with E-state index in [1.54, 1.807) is 24.3 Å². The van der Waals surface area contributed by atoms with Crippen LogP contribution in [0.4, 0.5) is 0 Å². The standard InChI is InChI=1S/C21H28O3/c1-15(2)11-7-5-3-4-6-8-14-18-19(22)16-12-9-10-13-17(16)20(23)21(18)24/h9-10,12-13,15,22H,3-8,11,14H2,1-2H3. The second-order valence-electron chi connectivity index (χ2n) is 7.08. The molecule has 0 aliphatic heterocycles. The molecule has 0 bridgehead atoms. The Balaban J connectivity index is 1.82. The van der Waals surface area contributed by atoms with Gasteiger partial charge < -0.3 is 5.11 Å². The smallest absolute Gasteiger partial charge is 0.234 e. The molecule has 1 aliphatic carbocycles. The molecule has 1 aromatic carbocycles. The molecule has 3 heteroatoms. The summed E-state index contributed by atoms with van der Waals surface area (Å²) in [7, 11) is 0. The molecular formula is C21H28O3. The van der Waals surface area contributed by atoms with Crippen molar-refractivity contribution in [2.75, 3.05) is 0 Å². The third-order valence-corrected chi connectivity index (χ3v) is 4.65. The molecule has 0 fully saturated rings. The summed E-state index contributed by atoms with van der Waals surface area (Å²) in [4.78, 5) is 24.3. The molecule has 1 N–H and O–H groups in total. The van der Waals surface area contributed by atoms with E-state index in [1.807, 2.05) is 0 Å². The van der Waals surface area contributed by atoms with E-state index in [1.165, 1.54) is 25.7 Å². The fourth-order valence-electron chi connectivity index (χ4n) is 3.21. The van der Waals surface area contributed by atoms with E-state index >= 15 is 0 Å². The Kier molecular flexibility index (Phi) is 6.77. The Morgan fingerprint density at radius 3 is 2.08 bits per heavy atom. The number of aliphatic hydroxyl groups excluding tert-OH is 1. The molecule has 0 saturated heterocycles. The molecular weight excluding hydrogens is 300 g/mol. The number of hydrogen-bond donors (Lipinski definition) is 1. The maximum absolute atomic E-state index is 12.2. The Hall–Kier alpha value is -1.90. The normalized spacial score (nSPS) is 14.5. The van der Waals surface area contributed by atoms with Gasteiger partial charge in [-0.15, -0.1) is 0 Å². The number of benzene rings is 1. The van der Waals surface area contributed by atoms with Gasteiger partial charge in [-0.25, -0.2) is 0 Å². The Labute approximate surface area is 144 Å². The number of ketones is 2. The lowest BCUT2D eigenvalue weighted by Crippen LogP contribution is -2.24. The van der Waals surface area contributed by atoms with Crippen molar-refractivity contribution in [2.45, 2.75) is 65.2 Å². The lowest BCUT2D eigenvalue weighted by Gasteiger charge is -2.17. The maximum Gasteiger partial charge on any atom is 0.234 e. The molecule has 0 aromatic heterocycles.